The van der Waals surface area contributed by atoms with E-state index in [-0.39, 0.29) is 42.7 Å². The van der Waals surface area contributed by atoms with Gasteiger partial charge >= 0.3 is 5.97 Å². The predicted octanol–water partition coefficient (Wildman–Crippen LogP) is 6.04. The number of aliphatic hydroxyl groups is 2. The molecule has 0 heterocycles. The average Bonchev–Trinajstić information content (AvgIpc) is 3.01. The number of rotatable bonds is 6. The molecule has 4 aliphatic rings. The Bertz CT molecular complexity index is 1050. The molecule has 8 atom stereocenters. The number of carbonyl (C=O) groups excluding carboxylic acids is 2. The van der Waals surface area contributed by atoms with E-state index >= 15 is 8.78 Å². The van der Waals surface area contributed by atoms with Gasteiger partial charge in [-0.2, -0.15) is 0 Å². The van der Waals surface area contributed by atoms with E-state index in [1.807, 2.05) is 20.8 Å². The number of aliphatic hydroxyl groups excluding tert-OH is 2. The first-order chi connectivity index (χ1) is 16.7. The molecular formula is C28H38F2O5S. The maximum atomic E-state index is 17.5. The number of ether oxygens (including phenoxy) is 1. The third-order valence-electron chi connectivity index (χ3n) is 10.1. The van der Waals surface area contributed by atoms with Crippen LogP contribution in [0.1, 0.15) is 86.0 Å². The summed E-state index contributed by atoms with van der Waals surface area (Å²) in [6.45, 7) is 8.75. The molecule has 8 heteroatoms. The van der Waals surface area contributed by atoms with Crippen LogP contribution in [0.25, 0.3) is 0 Å². The van der Waals surface area contributed by atoms with Crippen LogP contribution in [-0.2, 0) is 14.3 Å². The Labute approximate surface area is 217 Å². The van der Waals surface area contributed by atoms with Crippen molar-refractivity contribution in [3.05, 3.63) is 23.0 Å². The Morgan fingerprint density at radius 2 is 1.94 bits per heavy atom. The predicted molar refractivity (Wildman–Crippen MR) is 136 cm³/mol. The molecule has 3 fully saturated rings. The van der Waals surface area contributed by atoms with Crippen molar-refractivity contribution in [1.29, 1.82) is 0 Å². The number of thiocarbonyl (C=S) groups is 1. The number of halogens is 2. The molecule has 4 aliphatic carbocycles. The van der Waals surface area contributed by atoms with Gasteiger partial charge < -0.3 is 14.9 Å². The summed E-state index contributed by atoms with van der Waals surface area (Å²) in [5.41, 5.74) is -6.03. The number of ketones is 1. The van der Waals surface area contributed by atoms with E-state index in [0.717, 1.165) is 12.8 Å². The van der Waals surface area contributed by atoms with Crippen molar-refractivity contribution >= 4 is 29.0 Å². The van der Waals surface area contributed by atoms with Crippen LogP contribution in [0.5, 0.6) is 0 Å². The van der Waals surface area contributed by atoms with Gasteiger partial charge in [-0.15, -0.1) is 0 Å². The molecule has 0 unspecified atom stereocenters. The van der Waals surface area contributed by atoms with Gasteiger partial charge in [0, 0.05) is 29.1 Å². The maximum absolute atomic E-state index is 17.5. The number of esters is 1. The summed E-state index contributed by atoms with van der Waals surface area (Å²) in [6.07, 6.45) is 3.32. The standard InChI is InChI=1S/C28H38F2O5S/c1-6-7-8-9-21(32)35-28(24(34)36)16(3)12-19-17-10-11-18-22(29)23(33)15(2)13-25(18,4)27(17,30)20(31)14-26(19,28)5/h13,16-17,19-20,31H,6-12,14H2,1-5H3,(H,34,36)/t16-,17-,19-,20-,25-,26-,27-,28-/m0/s1. The molecule has 0 aromatic rings. The second-order valence-electron chi connectivity index (χ2n) is 11.9. The van der Waals surface area contributed by atoms with Gasteiger partial charge in [-0.05, 0) is 75.2 Å². The zero-order valence-corrected chi connectivity index (χ0v) is 22.6. The van der Waals surface area contributed by atoms with E-state index in [1.54, 1.807) is 6.92 Å². The Hall–Kier alpha value is -1.67. The summed E-state index contributed by atoms with van der Waals surface area (Å²) in [5.74, 6) is -3.60. The van der Waals surface area contributed by atoms with Crippen LogP contribution in [-0.4, -0.2) is 44.4 Å². The number of hydrogen-bond donors (Lipinski definition) is 2. The number of hydrogen-bond acceptors (Lipinski definition) is 5. The van der Waals surface area contributed by atoms with E-state index in [9.17, 15) is 19.8 Å². The SMILES string of the molecule is CCCCCC(=O)O[C@]1(C(O)=S)[C@@H](C)C[C@H]2[C@@H]3CCC4=C(F)C(=O)C(C)=C[C@]4(C)[C@@]3(F)[C@@H](O)C[C@@]21C. The van der Waals surface area contributed by atoms with Crippen LogP contribution in [0.4, 0.5) is 8.78 Å². The number of carbonyl (C=O) groups is 2. The summed E-state index contributed by atoms with van der Waals surface area (Å²) in [7, 11) is 0. The van der Waals surface area contributed by atoms with E-state index < -0.39 is 62.7 Å². The zero-order chi connectivity index (χ0) is 26.8. The van der Waals surface area contributed by atoms with Gasteiger partial charge in [0.25, 0.3) is 0 Å². The third kappa shape index (κ3) is 3.35. The molecule has 4 rings (SSSR count). The molecule has 0 amide bonds. The van der Waals surface area contributed by atoms with Crippen LogP contribution >= 0.6 is 12.2 Å². The maximum Gasteiger partial charge on any atom is 0.306 e. The molecule has 0 aromatic heterocycles. The highest BCUT2D eigenvalue weighted by atomic mass is 32.1. The van der Waals surface area contributed by atoms with E-state index in [1.165, 1.54) is 13.0 Å². The van der Waals surface area contributed by atoms with Gasteiger partial charge in [-0.3, -0.25) is 9.59 Å². The lowest BCUT2D eigenvalue weighted by Crippen LogP contribution is -2.70. The van der Waals surface area contributed by atoms with Gasteiger partial charge in [-0.1, -0.05) is 39.7 Å². The molecular weight excluding hydrogens is 486 g/mol. The minimum Gasteiger partial charge on any atom is -0.499 e. The lowest BCUT2D eigenvalue weighted by atomic mass is 9.44. The first kappa shape index (κ1) is 27.4. The second kappa shape index (κ2) is 8.97. The lowest BCUT2D eigenvalue weighted by molar-refractivity contribution is -0.218. The molecule has 3 saturated carbocycles. The minimum absolute atomic E-state index is 0.108. The van der Waals surface area contributed by atoms with E-state index in [2.05, 4.69) is 0 Å². The number of Topliss-reactive ketones (excluding diaryl/α,β-unsaturated/α-hetero) is 1. The van der Waals surface area contributed by atoms with Crippen molar-refractivity contribution in [2.75, 3.05) is 0 Å². The van der Waals surface area contributed by atoms with Gasteiger partial charge in [0.05, 0.1) is 6.10 Å². The van der Waals surface area contributed by atoms with Crippen LogP contribution in [0.2, 0.25) is 0 Å². The van der Waals surface area contributed by atoms with Crippen molar-refractivity contribution < 1.29 is 33.3 Å². The first-order valence-corrected chi connectivity index (χ1v) is 13.6. The average molecular weight is 525 g/mol. The fraction of sp³-hybridized carbons (Fsp3) is 0.750. The summed E-state index contributed by atoms with van der Waals surface area (Å²) >= 11 is 5.31. The van der Waals surface area contributed by atoms with Crippen molar-refractivity contribution in [3.8, 4) is 0 Å². The van der Waals surface area contributed by atoms with Gasteiger partial charge in [-0.25, -0.2) is 8.78 Å². The van der Waals surface area contributed by atoms with E-state index in [0.29, 0.717) is 12.8 Å². The summed E-state index contributed by atoms with van der Waals surface area (Å²) in [5, 5.41) is 21.9. The normalized spacial score (nSPS) is 43.9. The lowest BCUT2D eigenvalue weighted by Gasteiger charge is -2.62. The van der Waals surface area contributed by atoms with Crippen LogP contribution in [0, 0.1) is 28.6 Å². The summed E-state index contributed by atoms with van der Waals surface area (Å²) in [4.78, 5) is 25.2. The number of fused-ring (bicyclic) bond motifs is 5. The smallest absolute Gasteiger partial charge is 0.306 e. The largest absolute Gasteiger partial charge is 0.499 e. The number of unbranched alkanes of at least 4 members (excludes halogenated alkanes) is 2. The van der Waals surface area contributed by atoms with Gasteiger partial charge in [0.1, 0.15) is 0 Å². The highest BCUT2D eigenvalue weighted by Crippen LogP contribution is 2.72. The van der Waals surface area contributed by atoms with E-state index in [4.69, 9.17) is 17.0 Å². The van der Waals surface area contributed by atoms with Crippen LogP contribution < -0.4 is 0 Å². The molecule has 2 N–H and O–H groups in total. The molecule has 0 aromatic carbocycles. The second-order valence-corrected chi connectivity index (χ2v) is 12.3. The van der Waals surface area contributed by atoms with Crippen LogP contribution in [0.3, 0.4) is 0 Å². The zero-order valence-electron chi connectivity index (χ0n) is 21.8. The van der Waals surface area contributed by atoms with Crippen molar-refractivity contribution in [2.24, 2.45) is 28.6 Å². The Balaban J connectivity index is 1.78. The number of allylic oxidation sites excluding steroid dienone is 4. The molecule has 0 spiro atoms. The summed E-state index contributed by atoms with van der Waals surface area (Å²) < 4.78 is 38.6. The summed E-state index contributed by atoms with van der Waals surface area (Å²) in [6, 6.07) is 0. The minimum atomic E-state index is -2.23. The Morgan fingerprint density at radius 1 is 1.28 bits per heavy atom. The van der Waals surface area contributed by atoms with Crippen LogP contribution in [0.15, 0.2) is 23.0 Å². The molecule has 36 heavy (non-hydrogen) atoms. The molecule has 5 nitrogen and oxygen atoms in total. The fourth-order valence-electron chi connectivity index (χ4n) is 8.39. The van der Waals surface area contributed by atoms with Crippen molar-refractivity contribution in [2.45, 2.75) is 103 Å². The highest BCUT2D eigenvalue weighted by molar-refractivity contribution is 7.80. The molecule has 200 valence electrons. The highest BCUT2D eigenvalue weighted by Gasteiger charge is 2.77. The van der Waals surface area contributed by atoms with Crippen molar-refractivity contribution in [3.63, 3.8) is 0 Å². The fourth-order valence-corrected chi connectivity index (χ4v) is 8.87. The quantitative estimate of drug-likeness (QED) is 0.250. The topological polar surface area (TPSA) is 83.8 Å². The Kier molecular flexibility index (Phi) is 6.82. The van der Waals surface area contributed by atoms with Gasteiger partial charge in [0.2, 0.25) is 10.8 Å². The third-order valence-corrected chi connectivity index (χ3v) is 10.4. The Morgan fingerprint density at radius 3 is 2.56 bits per heavy atom. The van der Waals surface area contributed by atoms with Crippen molar-refractivity contribution in [1.82, 2.24) is 0 Å². The molecule has 0 radical (unpaired) electrons. The monoisotopic (exact) mass is 524 g/mol. The first-order valence-electron chi connectivity index (χ1n) is 13.2. The molecule has 0 bridgehead atoms. The number of alkyl halides is 1. The molecule has 0 saturated heterocycles. The van der Waals surface area contributed by atoms with Gasteiger partial charge in [0.15, 0.2) is 17.1 Å². The molecule has 0 aliphatic heterocycles.